The lowest BCUT2D eigenvalue weighted by Gasteiger charge is -2.28. The quantitative estimate of drug-likeness (QED) is 0.821. The Hall–Kier alpha value is -2.31. The van der Waals surface area contributed by atoms with Gasteiger partial charge in [0.15, 0.2) is 0 Å². The third kappa shape index (κ3) is 3.63. The zero-order chi connectivity index (χ0) is 20.7. The van der Waals surface area contributed by atoms with E-state index in [2.05, 4.69) is 36.2 Å². The van der Waals surface area contributed by atoms with E-state index in [1.165, 1.54) is 16.7 Å². The largest absolute Gasteiger partial charge is 0.493 e. The van der Waals surface area contributed by atoms with Crippen LogP contribution in [0.25, 0.3) is 0 Å². The number of hydrogen-bond donors (Lipinski definition) is 1. The van der Waals surface area contributed by atoms with Gasteiger partial charge in [-0.15, -0.1) is 0 Å². The second-order valence-corrected chi connectivity index (χ2v) is 8.92. The molecule has 3 aliphatic rings. The van der Waals surface area contributed by atoms with E-state index in [1.807, 2.05) is 12.1 Å². The van der Waals surface area contributed by atoms with Crippen molar-refractivity contribution in [1.82, 2.24) is 10.2 Å². The average Bonchev–Trinajstić information content (AvgIpc) is 3.28. The van der Waals surface area contributed by atoms with Gasteiger partial charge >= 0.3 is 0 Å². The van der Waals surface area contributed by atoms with Crippen LogP contribution >= 0.6 is 0 Å². The molecule has 1 N–H and O–H groups in total. The molecule has 0 unspecified atom stereocenters. The summed E-state index contributed by atoms with van der Waals surface area (Å²) in [7, 11) is 0. The van der Waals surface area contributed by atoms with Crippen molar-refractivity contribution in [2.75, 3.05) is 32.9 Å². The first-order valence-corrected chi connectivity index (χ1v) is 10.9. The standard InChI is InChI=1S/C24H30N2O4/c1-16-11-20-22(12-17(16)2)29-8-5-24(20)13-21(24)23(27)25-14-18-3-4-19(30-18)15-26-6-9-28-10-7-26/h3-4,11-12,21H,5-10,13-15H2,1-2H3,(H,25,27)/t21-,24-/m0/s1. The maximum absolute atomic E-state index is 12.9. The van der Waals surface area contributed by atoms with Crippen molar-refractivity contribution < 1.29 is 18.7 Å². The van der Waals surface area contributed by atoms with Gasteiger partial charge < -0.3 is 19.2 Å². The summed E-state index contributed by atoms with van der Waals surface area (Å²) in [5, 5.41) is 3.10. The van der Waals surface area contributed by atoms with E-state index in [9.17, 15) is 4.79 Å². The molecule has 6 heteroatoms. The molecule has 1 aliphatic carbocycles. The Morgan fingerprint density at radius 3 is 2.73 bits per heavy atom. The van der Waals surface area contributed by atoms with Crippen molar-refractivity contribution in [2.45, 2.75) is 45.2 Å². The van der Waals surface area contributed by atoms with Crippen LogP contribution in [0.5, 0.6) is 5.75 Å². The summed E-state index contributed by atoms with van der Waals surface area (Å²) in [6, 6.07) is 8.32. The highest BCUT2D eigenvalue weighted by atomic mass is 16.5. The number of rotatable bonds is 5. The van der Waals surface area contributed by atoms with Crippen molar-refractivity contribution in [1.29, 1.82) is 0 Å². The lowest BCUT2D eigenvalue weighted by molar-refractivity contribution is -0.123. The second kappa shape index (κ2) is 7.75. The average molecular weight is 411 g/mol. The molecule has 1 aromatic carbocycles. The Labute approximate surface area is 177 Å². The van der Waals surface area contributed by atoms with Gasteiger partial charge in [0.2, 0.25) is 5.91 Å². The van der Waals surface area contributed by atoms with Gasteiger partial charge in [-0.05, 0) is 56.0 Å². The normalized spacial score (nSPS) is 25.6. The lowest BCUT2D eigenvalue weighted by atomic mass is 9.85. The van der Waals surface area contributed by atoms with E-state index >= 15 is 0 Å². The summed E-state index contributed by atoms with van der Waals surface area (Å²) >= 11 is 0. The van der Waals surface area contributed by atoms with Crippen LogP contribution in [0.4, 0.5) is 0 Å². The Morgan fingerprint density at radius 2 is 1.90 bits per heavy atom. The number of hydrogen-bond acceptors (Lipinski definition) is 5. The molecule has 1 spiro atoms. The number of nitrogens with one attached hydrogen (secondary N) is 1. The summed E-state index contributed by atoms with van der Waals surface area (Å²) in [5.74, 6) is 2.84. The number of nitrogens with zero attached hydrogens (tertiary/aromatic N) is 1. The Morgan fingerprint density at radius 1 is 1.13 bits per heavy atom. The van der Waals surface area contributed by atoms with Crippen LogP contribution in [0.1, 0.15) is 41.1 Å². The molecule has 30 heavy (non-hydrogen) atoms. The number of ether oxygens (including phenoxy) is 2. The highest BCUT2D eigenvalue weighted by molar-refractivity contribution is 5.85. The number of carbonyl (C=O) groups excluding carboxylic acids is 1. The molecule has 1 saturated carbocycles. The minimum atomic E-state index is -0.0548. The minimum Gasteiger partial charge on any atom is -0.493 e. The van der Waals surface area contributed by atoms with Gasteiger partial charge in [0.25, 0.3) is 0 Å². The Kier molecular flexibility index (Phi) is 5.07. The molecular formula is C24H30N2O4. The topological polar surface area (TPSA) is 63.9 Å². The van der Waals surface area contributed by atoms with Crippen LogP contribution in [0.2, 0.25) is 0 Å². The Bertz CT molecular complexity index is 947. The number of carbonyl (C=O) groups is 1. The monoisotopic (exact) mass is 410 g/mol. The van der Waals surface area contributed by atoms with Crippen molar-refractivity contribution in [3.8, 4) is 5.75 Å². The smallest absolute Gasteiger partial charge is 0.224 e. The van der Waals surface area contributed by atoms with E-state index in [1.54, 1.807) is 0 Å². The molecule has 2 aliphatic heterocycles. The fourth-order valence-electron chi connectivity index (χ4n) is 4.88. The zero-order valence-electron chi connectivity index (χ0n) is 17.8. The van der Waals surface area contributed by atoms with Gasteiger partial charge in [-0.2, -0.15) is 0 Å². The molecule has 5 rings (SSSR count). The second-order valence-electron chi connectivity index (χ2n) is 8.92. The molecule has 2 fully saturated rings. The fourth-order valence-corrected chi connectivity index (χ4v) is 4.88. The van der Waals surface area contributed by atoms with Crippen LogP contribution in [-0.2, 0) is 28.0 Å². The number of furan rings is 1. The number of benzene rings is 1. The molecule has 2 atom stereocenters. The van der Waals surface area contributed by atoms with E-state index in [0.717, 1.165) is 63.0 Å². The van der Waals surface area contributed by atoms with Gasteiger partial charge in [0.1, 0.15) is 17.3 Å². The number of fused-ring (bicyclic) bond motifs is 2. The summed E-state index contributed by atoms with van der Waals surface area (Å²) in [6.07, 6.45) is 1.81. The van der Waals surface area contributed by atoms with Crippen molar-refractivity contribution >= 4 is 5.91 Å². The highest BCUT2D eigenvalue weighted by Gasteiger charge is 2.61. The number of morpholine rings is 1. The molecule has 2 aromatic rings. The predicted octanol–water partition coefficient (Wildman–Crippen LogP) is 3.09. The van der Waals surface area contributed by atoms with Crippen LogP contribution in [-0.4, -0.2) is 43.7 Å². The molecule has 0 radical (unpaired) electrons. The molecule has 1 saturated heterocycles. The van der Waals surface area contributed by atoms with Crippen LogP contribution in [0.15, 0.2) is 28.7 Å². The van der Waals surface area contributed by atoms with Gasteiger partial charge in [-0.25, -0.2) is 0 Å². The van der Waals surface area contributed by atoms with Crippen LogP contribution in [0, 0.1) is 19.8 Å². The molecular weight excluding hydrogens is 380 g/mol. The van der Waals surface area contributed by atoms with E-state index < -0.39 is 0 Å². The van der Waals surface area contributed by atoms with Crippen molar-refractivity contribution in [2.24, 2.45) is 5.92 Å². The first-order chi connectivity index (χ1) is 14.5. The summed E-state index contributed by atoms with van der Waals surface area (Å²) in [5.41, 5.74) is 3.65. The zero-order valence-corrected chi connectivity index (χ0v) is 17.8. The molecule has 3 heterocycles. The maximum Gasteiger partial charge on any atom is 0.224 e. The third-order valence-electron chi connectivity index (χ3n) is 6.97. The predicted molar refractivity (Wildman–Crippen MR) is 112 cm³/mol. The third-order valence-corrected chi connectivity index (χ3v) is 6.97. The maximum atomic E-state index is 12.9. The number of amides is 1. The summed E-state index contributed by atoms with van der Waals surface area (Å²) in [4.78, 5) is 15.2. The lowest BCUT2D eigenvalue weighted by Crippen LogP contribution is -2.35. The van der Waals surface area contributed by atoms with E-state index in [-0.39, 0.29) is 17.2 Å². The molecule has 1 amide bonds. The molecule has 160 valence electrons. The molecule has 1 aromatic heterocycles. The van der Waals surface area contributed by atoms with Crippen molar-refractivity contribution in [3.05, 3.63) is 52.5 Å². The van der Waals surface area contributed by atoms with E-state index in [0.29, 0.717) is 13.2 Å². The first-order valence-electron chi connectivity index (χ1n) is 10.9. The van der Waals surface area contributed by atoms with Gasteiger partial charge in [0, 0.05) is 30.0 Å². The fraction of sp³-hybridized carbons (Fsp3) is 0.542. The van der Waals surface area contributed by atoms with Crippen LogP contribution in [0.3, 0.4) is 0 Å². The summed E-state index contributed by atoms with van der Waals surface area (Å²) in [6.45, 7) is 9.56. The van der Waals surface area contributed by atoms with Gasteiger partial charge in [0.05, 0.1) is 32.9 Å². The highest BCUT2D eigenvalue weighted by Crippen LogP contribution is 2.61. The first kappa shape index (κ1) is 19.6. The summed E-state index contributed by atoms with van der Waals surface area (Å²) < 4.78 is 17.2. The number of aryl methyl sites for hydroxylation is 2. The van der Waals surface area contributed by atoms with Gasteiger partial charge in [-0.1, -0.05) is 6.07 Å². The van der Waals surface area contributed by atoms with Crippen LogP contribution < -0.4 is 10.1 Å². The van der Waals surface area contributed by atoms with Crippen molar-refractivity contribution in [3.63, 3.8) is 0 Å². The SMILES string of the molecule is Cc1cc2c(cc1C)[C@]1(CCO2)C[C@H]1C(=O)NCc1ccc(CN2CCOCC2)o1. The molecule has 6 nitrogen and oxygen atoms in total. The minimum absolute atomic E-state index is 0.0186. The molecule has 0 bridgehead atoms. The van der Waals surface area contributed by atoms with Gasteiger partial charge in [-0.3, -0.25) is 9.69 Å². The Balaban J connectivity index is 1.20. The van der Waals surface area contributed by atoms with E-state index in [4.69, 9.17) is 13.9 Å².